The van der Waals surface area contributed by atoms with Crippen LogP contribution >= 0.6 is 95.6 Å². The predicted molar refractivity (Wildman–Crippen MR) is 129 cm³/mol. The minimum absolute atomic E-state index is 0.0490. The third-order valence-electron chi connectivity index (χ3n) is 5.13. The van der Waals surface area contributed by atoms with Crippen LogP contribution in [0.4, 0.5) is 0 Å². The van der Waals surface area contributed by atoms with E-state index < -0.39 is 21.3 Å². The second-order valence-corrected chi connectivity index (χ2v) is 21.1. The van der Waals surface area contributed by atoms with E-state index in [1.54, 1.807) is 0 Å². The van der Waals surface area contributed by atoms with E-state index >= 15 is 0 Å². The van der Waals surface area contributed by atoms with Crippen LogP contribution in [0.5, 0.6) is 0 Å². The maximum Gasteiger partial charge on any atom is 0.302 e. The monoisotopic (exact) mass is 778 g/mol. The Morgan fingerprint density at radius 3 is 2.11 bits per heavy atom. The summed E-state index contributed by atoms with van der Waals surface area (Å²) in [5.74, 6) is -0.703. The number of amides is 2. The highest BCUT2D eigenvalue weighted by atomic mass is 80.0. The molecular weight excluding hydrogens is 764 g/mol. The normalized spacial score (nSPS) is 30.3. The first-order chi connectivity index (χ1) is 12.7. The highest BCUT2D eigenvalue weighted by Gasteiger charge is 2.54. The number of carbonyl (C=O) groups excluding carboxylic acids is 3. The van der Waals surface area contributed by atoms with Gasteiger partial charge in [-0.1, -0.05) is 12.8 Å². The van der Waals surface area contributed by atoms with Crippen LogP contribution in [0, 0.1) is 5.92 Å². The second kappa shape index (κ2) is 9.42. The van der Waals surface area contributed by atoms with Crippen LogP contribution in [-0.4, -0.2) is 39.8 Å². The first-order valence-electron chi connectivity index (χ1n) is 8.59. The molecule has 3 atom stereocenters. The van der Waals surface area contributed by atoms with Crippen molar-refractivity contribution in [3.8, 4) is 0 Å². The largest absolute Gasteiger partial charge is 0.463 e. The standard InChI is InChI=1S/C16H20Br6N2O4/c1-9(25)28-8-14(24-12(27)16(20,21)22)6-10-3-2-4-13(5-10,7-14)23-11(26)15(17,18)19/h10H,2-8H2,1H3,(H,23,26)(H,24,27). The maximum absolute atomic E-state index is 12.7. The van der Waals surface area contributed by atoms with Gasteiger partial charge in [0.05, 0.1) is 5.54 Å². The van der Waals surface area contributed by atoms with E-state index in [1.807, 2.05) is 0 Å². The van der Waals surface area contributed by atoms with Gasteiger partial charge < -0.3 is 15.4 Å². The van der Waals surface area contributed by atoms with Gasteiger partial charge in [0.1, 0.15) is 6.61 Å². The minimum atomic E-state index is -1.13. The lowest BCUT2D eigenvalue weighted by Crippen LogP contribution is -2.67. The van der Waals surface area contributed by atoms with Crippen LogP contribution in [0.3, 0.4) is 0 Å². The third kappa shape index (κ3) is 6.90. The molecule has 0 aromatic carbocycles. The Morgan fingerprint density at radius 1 is 1.00 bits per heavy atom. The fourth-order valence-corrected chi connectivity index (χ4v) is 4.95. The molecule has 2 rings (SSSR count). The zero-order chi connectivity index (χ0) is 21.4. The van der Waals surface area contributed by atoms with Gasteiger partial charge in [-0.15, -0.1) is 0 Å². The first kappa shape index (κ1) is 25.5. The SMILES string of the molecule is CC(=O)OCC1(NC(=O)C(Br)(Br)Br)CC2CCCC(NC(=O)C(Br)(Br)Br)(C2)C1. The zero-order valence-corrected chi connectivity index (χ0v) is 24.4. The number of rotatable bonds is 4. The Hall–Kier alpha value is 1.29. The molecule has 2 fully saturated rings. The second-order valence-electron chi connectivity index (χ2n) is 7.59. The smallest absolute Gasteiger partial charge is 0.302 e. The lowest BCUT2D eigenvalue weighted by atomic mass is 9.60. The number of fused-ring (bicyclic) bond motifs is 2. The minimum Gasteiger partial charge on any atom is -0.463 e. The van der Waals surface area contributed by atoms with Crippen LogP contribution in [0.15, 0.2) is 0 Å². The average molecular weight is 784 g/mol. The van der Waals surface area contributed by atoms with Gasteiger partial charge in [0.2, 0.25) is 4.29 Å². The van der Waals surface area contributed by atoms with E-state index in [4.69, 9.17) is 4.74 Å². The Balaban J connectivity index is 2.34. The van der Waals surface area contributed by atoms with Gasteiger partial charge in [0, 0.05) is 12.5 Å². The van der Waals surface area contributed by atoms with Crippen LogP contribution in [0.1, 0.15) is 45.4 Å². The van der Waals surface area contributed by atoms with Crippen molar-refractivity contribution in [1.82, 2.24) is 10.6 Å². The highest BCUT2D eigenvalue weighted by molar-refractivity contribution is 9.40. The Kier molecular flexibility index (Phi) is 8.60. The van der Waals surface area contributed by atoms with Crippen LogP contribution in [0.25, 0.3) is 0 Å². The van der Waals surface area contributed by atoms with Gasteiger partial charge in [-0.25, -0.2) is 0 Å². The summed E-state index contributed by atoms with van der Waals surface area (Å²) in [6.07, 6.45) is 4.74. The van der Waals surface area contributed by atoms with Crippen molar-refractivity contribution in [2.24, 2.45) is 5.92 Å². The fraction of sp³-hybridized carbons (Fsp3) is 0.812. The zero-order valence-electron chi connectivity index (χ0n) is 14.9. The van der Waals surface area contributed by atoms with Gasteiger partial charge in [-0.3, -0.25) is 14.4 Å². The summed E-state index contributed by atoms with van der Waals surface area (Å²) in [4.78, 5) is 36.8. The Labute approximate surface area is 214 Å². The van der Waals surface area contributed by atoms with Gasteiger partial charge >= 0.3 is 5.97 Å². The molecule has 6 nitrogen and oxygen atoms in total. The molecule has 2 saturated carbocycles. The van der Waals surface area contributed by atoms with E-state index in [-0.39, 0.29) is 18.4 Å². The molecule has 0 heterocycles. The summed E-state index contributed by atoms with van der Waals surface area (Å²) in [5.41, 5.74) is -1.28. The Bertz CT molecular complexity index is 650. The summed E-state index contributed by atoms with van der Waals surface area (Å²) >= 11 is 19.5. The van der Waals surface area contributed by atoms with E-state index in [9.17, 15) is 14.4 Å². The van der Waals surface area contributed by atoms with E-state index in [0.717, 1.165) is 25.7 Å². The lowest BCUT2D eigenvalue weighted by Gasteiger charge is -2.54. The van der Waals surface area contributed by atoms with Crippen molar-refractivity contribution < 1.29 is 19.1 Å². The molecule has 0 saturated heterocycles. The van der Waals surface area contributed by atoms with Crippen molar-refractivity contribution in [1.29, 1.82) is 0 Å². The van der Waals surface area contributed by atoms with Crippen molar-refractivity contribution in [3.05, 3.63) is 0 Å². The number of esters is 1. The molecule has 0 spiro atoms. The molecule has 0 aromatic heterocycles. The molecule has 0 aromatic rings. The van der Waals surface area contributed by atoms with Gasteiger partial charge in [0.15, 0.2) is 0 Å². The van der Waals surface area contributed by atoms with Crippen molar-refractivity contribution in [3.63, 3.8) is 0 Å². The summed E-state index contributed by atoms with van der Waals surface area (Å²) in [5, 5.41) is 6.20. The number of hydrogen-bond donors (Lipinski definition) is 2. The van der Waals surface area contributed by atoms with Gasteiger partial charge in [-0.05, 0) is 127 Å². The molecule has 28 heavy (non-hydrogen) atoms. The first-order valence-corrected chi connectivity index (χ1v) is 13.3. The molecule has 0 radical (unpaired) electrons. The third-order valence-corrected chi connectivity index (χ3v) is 7.29. The fourth-order valence-electron chi connectivity index (χ4n) is 4.36. The topological polar surface area (TPSA) is 84.5 Å². The number of hydrogen-bond acceptors (Lipinski definition) is 4. The van der Waals surface area contributed by atoms with Gasteiger partial charge in [0.25, 0.3) is 11.8 Å². The summed E-state index contributed by atoms with van der Waals surface area (Å²) in [6.45, 7) is 1.39. The number of nitrogens with one attached hydrogen (secondary N) is 2. The van der Waals surface area contributed by atoms with Crippen LogP contribution < -0.4 is 10.6 Å². The number of carbonyl (C=O) groups is 3. The molecule has 2 bridgehead atoms. The Morgan fingerprint density at radius 2 is 1.57 bits per heavy atom. The number of ether oxygens (including phenoxy) is 1. The molecule has 12 heteroatoms. The summed E-state index contributed by atoms with van der Waals surface area (Å²) < 4.78 is 3.15. The molecule has 3 unspecified atom stereocenters. The predicted octanol–water partition coefficient (Wildman–Crippen LogP) is 4.92. The maximum atomic E-state index is 12.7. The van der Waals surface area contributed by atoms with E-state index in [1.165, 1.54) is 6.92 Å². The average Bonchev–Trinajstić information content (AvgIpc) is 2.50. The molecule has 2 aliphatic rings. The van der Waals surface area contributed by atoms with Crippen molar-refractivity contribution in [2.75, 3.05) is 6.61 Å². The summed E-state index contributed by atoms with van der Waals surface area (Å²) in [7, 11) is 0. The molecular formula is C16H20Br6N2O4. The highest BCUT2D eigenvalue weighted by Crippen LogP contribution is 2.49. The number of halogens is 6. The molecule has 0 aliphatic heterocycles. The quantitative estimate of drug-likeness (QED) is 0.314. The van der Waals surface area contributed by atoms with Crippen molar-refractivity contribution >= 4 is 113 Å². The molecule has 2 aliphatic carbocycles. The molecule has 2 N–H and O–H groups in total. The molecule has 160 valence electrons. The number of alkyl halides is 6. The lowest BCUT2D eigenvalue weighted by molar-refractivity contribution is -0.147. The van der Waals surface area contributed by atoms with Crippen molar-refractivity contribution in [2.45, 2.75) is 60.8 Å². The van der Waals surface area contributed by atoms with E-state index in [2.05, 4.69) is 106 Å². The van der Waals surface area contributed by atoms with E-state index in [0.29, 0.717) is 18.8 Å². The van der Waals surface area contributed by atoms with Crippen LogP contribution in [0.2, 0.25) is 0 Å². The van der Waals surface area contributed by atoms with Gasteiger partial charge in [-0.2, -0.15) is 0 Å². The summed E-state index contributed by atoms with van der Waals surface area (Å²) in [6, 6.07) is 0. The molecule has 2 amide bonds. The van der Waals surface area contributed by atoms with Crippen LogP contribution in [-0.2, 0) is 19.1 Å².